The van der Waals surface area contributed by atoms with Crippen LogP contribution in [0.5, 0.6) is 0 Å². The molecule has 1 aliphatic heterocycles. The molecule has 1 fully saturated rings. The van der Waals surface area contributed by atoms with E-state index in [1.54, 1.807) is 24.4 Å². The van der Waals surface area contributed by atoms with Gasteiger partial charge in [0.1, 0.15) is 5.82 Å². The van der Waals surface area contributed by atoms with Gasteiger partial charge in [-0.25, -0.2) is 9.78 Å². The molecule has 2 N–H and O–H groups in total. The van der Waals surface area contributed by atoms with E-state index in [4.69, 9.17) is 0 Å². The third-order valence-electron chi connectivity index (χ3n) is 5.35. The van der Waals surface area contributed by atoms with Crippen LogP contribution in [-0.2, 0) is 6.54 Å². The summed E-state index contributed by atoms with van der Waals surface area (Å²) in [6, 6.07) is 10.7. The Balaban J connectivity index is 1.59. The Morgan fingerprint density at radius 1 is 1.07 bits per heavy atom. The van der Waals surface area contributed by atoms with Gasteiger partial charge in [0.05, 0.1) is 11.1 Å². The summed E-state index contributed by atoms with van der Waals surface area (Å²) in [5, 5.41) is 12.7. The summed E-state index contributed by atoms with van der Waals surface area (Å²) in [4.78, 5) is 32.9. The summed E-state index contributed by atoms with van der Waals surface area (Å²) in [6.07, 6.45) is 2.72. The molecule has 160 valence electrons. The summed E-state index contributed by atoms with van der Waals surface area (Å²) in [5.41, 5.74) is 1.74. The summed E-state index contributed by atoms with van der Waals surface area (Å²) in [7, 11) is 0. The molecule has 1 amide bonds. The first-order valence-electron chi connectivity index (χ1n) is 10.5. The Labute approximate surface area is 177 Å². The summed E-state index contributed by atoms with van der Waals surface area (Å²) in [6.45, 7) is 8.31. The first kappa shape index (κ1) is 21.8. The van der Waals surface area contributed by atoms with Crippen molar-refractivity contribution in [3.05, 3.63) is 59.3 Å². The fraction of sp³-hybridized carbons (Fsp3) is 0.435. The van der Waals surface area contributed by atoms with E-state index in [-0.39, 0.29) is 5.91 Å². The molecule has 1 aliphatic rings. The van der Waals surface area contributed by atoms with Crippen molar-refractivity contribution >= 4 is 17.7 Å². The number of nitrogens with zero attached hydrogens (tertiary/aromatic N) is 3. The third kappa shape index (κ3) is 5.57. The largest absolute Gasteiger partial charge is 0.478 e. The van der Waals surface area contributed by atoms with Crippen molar-refractivity contribution in [3.8, 4) is 0 Å². The standard InChI is InChI=1S/C23H30N4O3/c1-17(2)9-11-25-21-20(8-5-10-24-21)22(28)27-14-12-26(13-15-27)16-18-6-3-4-7-19(18)23(29)30/h3-8,10,17H,9,11-16H2,1-2H3,(H,24,25)(H,29,30). The molecular weight excluding hydrogens is 380 g/mol. The zero-order valence-corrected chi connectivity index (χ0v) is 17.7. The maximum atomic E-state index is 13.1. The Kier molecular flexibility index (Phi) is 7.41. The van der Waals surface area contributed by atoms with Gasteiger partial charge in [0.2, 0.25) is 0 Å². The summed E-state index contributed by atoms with van der Waals surface area (Å²) < 4.78 is 0. The van der Waals surface area contributed by atoms with Crippen molar-refractivity contribution in [1.29, 1.82) is 0 Å². The first-order chi connectivity index (χ1) is 14.5. The molecule has 0 unspecified atom stereocenters. The van der Waals surface area contributed by atoms with E-state index in [0.29, 0.717) is 55.6 Å². The summed E-state index contributed by atoms with van der Waals surface area (Å²) >= 11 is 0. The van der Waals surface area contributed by atoms with E-state index in [1.165, 1.54) is 0 Å². The zero-order chi connectivity index (χ0) is 21.5. The number of aromatic nitrogens is 1. The van der Waals surface area contributed by atoms with Crippen LogP contribution in [0.4, 0.5) is 5.82 Å². The van der Waals surface area contributed by atoms with Gasteiger partial charge in [-0.05, 0) is 36.1 Å². The smallest absolute Gasteiger partial charge is 0.336 e. The summed E-state index contributed by atoms with van der Waals surface area (Å²) in [5.74, 6) is 0.301. The number of amides is 1. The van der Waals surface area contributed by atoms with Crippen molar-refractivity contribution in [2.45, 2.75) is 26.8 Å². The van der Waals surface area contributed by atoms with Crippen LogP contribution < -0.4 is 5.32 Å². The average molecular weight is 411 g/mol. The Hall–Kier alpha value is -2.93. The first-order valence-corrected chi connectivity index (χ1v) is 10.5. The topological polar surface area (TPSA) is 85.8 Å². The van der Waals surface area contributed by atoms with Gasteiger partial charge < -0.3 is 15.3 Å². The second-order valence-corrected chi connectivity index (χ2v) is 8.04. The lowest BCUT2D eigenvalue weighted by Crippen LogP contribution is -2.48. The van der Waals surface area contributed by atoms with Crippen LogP contribution in [0.1, 0.15) is 46.5 Å². The number of carbonyl (C=O) groups is 2. The molecule has 2 aromatic rings. The van der Waals surface area contributed by atoms with E-state index < -0.39 is 5.97 Å². The average Bonchev–Trinajstić information content (AvgIpc) is 2.74. The molecule has 30 heavy (non-hydrogen) atoms. The Morgan fingerprint density at radius 2 is 1.77 bits per heavy atom. The number of nitrogens with one attached hydrogen (secondary N) is 1. The van der Waals surface area contributed by atoms with Crippen molar-refractivity contribution in [2.24, 2.45) is 5.92 Å². The lowest BCUT2D eigenvalue weighted by Gasteiger charge is -2.35. The van der Waals surface area contributed by atoms with Crippen LogP contribution in [0, 0.1) is 5.92 Å². The number of carboxylic acid groups (broad SMARTS) is 1. The van der Waals surface area contributed by atoms with Crippen molar-refractivity contribution in [2.75, 3.05) is 38.0 Å². The second kappa shape index (κ2) is 10.2. The van der Waals surface area contributed by atoms with Crippen LogP contribution in [0.2, 0.25) is 0 Å². The number of piperazine rings is 1. The monoisotopic (exact) mass is 410 g/mol. The van der Waals surface area contributed by atoms with Crippen LogP contribution in [-0.4, -0.2) is 64.5 Å². The number of pyridine rings is 1. The molecule has 0 bridgehead atoms. The molecular formula is C23H30N4O3. The maximum Gasteiger partial charge on any atom is 0.336 e. The number of hydrogen-bond acceptors (Lipinski definition) is 5. The molecule has 0 spiro atoms. The molecule has 0 radical (unpaired) electrons. The lowest BCUT2D eigenvalue weighted by atomic mass is 10.1. The van der Waals surface area contributed by atoms with Gasteiger partial charge in [-0.1, -0.05) is 32.0 Å². The van der Waals surface area contributed by atoms with Gasteiger partial charge in [0, 0.05) is 45.5 Å². The number of rotatable bonds is 8. The molecule has 2 heterocycles. The van der Waals surface area contributed by atoms with Crippen molar-refractivity contribution in [3.63, 3.8) is 0 Å². The minimum atomic E-state index is -0.909. The normalized spacial score (nSPS) is 14.7. The van der Waals surface area contributed by atoms with Crippen LogP contribution in [0.15, 0.2) is 42.6 Å². The van der Waals surface area contributed by atoms with E-state index in [0.717, 1.165) is 18.5 Å². The van der Waals surface area contributed by atoms with E-state index in [2.05, 4.69) is 29.0 Å². The second-order valence-electron chi connectivity index (χ2n) is 8.04. The third-order valence-corrected chi connectivity index (χ3v) is 5.35. The molecule has 0 aliphatic carbocycles. The van der Waals surface area contributed by atoms with Gasteiger partial charge in [-0.2, -0.15) is 0 Å². The number of aromatic carboxylic acids is 1. The van der Waals surface area contributed by atoms with Crippen molar-refractivity contribution < 1.29 is 14.7 Å². The highest BCUT2D eigenvalue weighted by molar-refractivity contribution is 5.98. The quantitative estimate of drug-likeness (QED) is 0.695. The highest BCUT2D eigenvalue weighted by atomic mass is 16.4. The van der Waals surface area contributed by atoms with Crippen molar-refractivity contribution in [1.82, 2.24) is 14.8 Å². The van der Waals surface area contributed by atoms with Gasteiger partial charge in [-0.3, -0.25) is 9.69 Å². The van der Waals surface area contributed by atoms with E-state index in [1.807, 2.05) is 23.1 Å². The molecule has 0 atom stereocenters. The Morgan fingerprint density at radius 3 is 2.47 bits per heavy atom. The predicted molar refractivity (Wildman–Crippen MR) is 117 cm³/mol. The number of anilines is 1. The minimum Gasteiger partial charge on any atom is -0.478 e. The van der Waals surface area contributed by atoms with Gasteiger partial charge in [-0.15, -0.1) is 0 Å². The molecule has 1 aromatic heterocycles. The van der Waals surface area contributed by atoms with Crippen LogP contribution in [0.3, 0.4) is 0 Å². The van der Waals surface area contributed by atoms with Gasteiger partial charge in [0.25, 0.3) is 5.91 Å². The predicted octanol–water partition coefficient (Wildman–Crippen LogP) is 3.20. The molecule has 7 nitrogen and oxygen atoms in total. The molecule has 0 saturated carbocycles. The molecule has 1 aromatic carbocycles. The van der Waals surface area contributed by atoms with Gasteiger partial charge >= 0.3 is 5.97 Å². The molecule has 3 rings (SSSR count). The number of hydrogen-bond donors (Lipinski definition) is 2. The fourth-order valence-electron chi connectivity index (χ4n) is 3.59. The highest BCUT2D eigenvalue weighted by Gasteiger charge is 2.25. The number of carboxylic acids is 1. The maximum absolute atomic E-state index is 13.1. The van der Waals surface area contributed by atoms with E-state index in [9.17, 15) is 14.7 Å². The minimum absolute atomic E-state index is 0.0132. The molecule has 1 saturated heterocycles. The zero-order valence-electron chi connectivity index (χ0n) is 17.7. The van der Waals surface area contributed by atoms with Crippen LogP contribution in [0.25, 0.3) is 0 Å². The lowest BCUT2D eigenvalue weighted by molar-refractivity contribution is 0.0628. The Bertz CT molecular complexity index is 876. The number of carbonyl (C=O) groups excluding carboxylic acids is 1. The molecule has 7 heteroatoms. The number of benzene rings is 1. The highest BCUT2D eigenvalue weighted by Crippen LogP contribution is 2.18. The fourth-order valence-corrected chi connectivity index (χ4v) is 3.59. The van der Waals surface area contributed by atoms with Gasteiger partial charge in [0.15, 0.2) is 0 Å². The van der Waals surface area contributed by atoms with Crippen LogP contribution >= 0.6 is 0 Å². The SMILES string of the molecule is CC(C)CCNc1ncccc1C(=O)N1CCN(Cc2ccccc2C(=O)O)CC1. The van der Waals surface area contributed by atoms with E-state index >= 15 is 0 Å².